The number of carbonyl (C=O) groups excluding carboxylic acids is 1. The molecule has 4 rings (SSSR count). The molecule has 0 bridgehead atoms. The Morgan fingerprint density at radius 1 is 1.12 bits per heavy atom. The highest BCUT2D eigenvalue weighted by atomic mass is 16.2. The Morgan fingerprint density at radius 3 is 2.84 bits per heavy atom. The minimum Gasteiger partial charge on any atom is -0.334 e. The van der Waals surface area contributed by atoms with Gasteiger partial charge in [-0.2, -0.15) is 0 Å². The predicted molar refractivity (Wildman–Crippen MR) is 98.3 cm³/mol. The standard InChI is InChI=1S/C20H20N4O/c25-20(22-17-8-2-1-3-9-17)21-13-15-6-4-7-16(12-15)18-14-24-11-5-10-19(24)23-18/h1-4,6-9,12,14H,5,10-11,13H2,(H2,21,22,25). The van der Waals surface area contributed by atoms with Gasteiger partial charge in [-0.25, -0.2) is 9.78 Å². The lowest BCUT2D eigenvalue weighted by Gasteiger charge is -2.08. The Kier molecular flexibility index (Phi) is 4.21. The summed E-state index contributed by atoms with van der Waals surface area (Å²) in [4.78, 5) is 16.7. The largest absolute Gasteiger partial charge is 0.334 e. The third-order valence-electron chi connectivity index (χ3n) is 4.37. The molecular formula is C20H20N4O. The third kappa shape index (κ3) is 3.55. The lowest BCUT2D eigenvalue weighted by atomic mass is 10.1. The first-order valence-corrected chi connectivity index (χ1v) is 8.53. The van der Waals surface area contributed by atoms with Gasteiger partial charge in [0.1, 0.15) is 5.82 Å². The van der Waals surface area contributed by atoms with E-state index in [0.29, 0.717) is 6.54 Å². The van der Waals surface area contributed by atoms with Crippen LogP contribution in [-0.4, -0.2) is 15.6 Å². The lowest BCUT2D eigenvalue weighted by molar-refractivity contribution is 0.251. The van der Waals surface area contributed by atoms with E-state index in [1.54, 1.807) is 0 Å². The van der Waals surface area contributed by atoms with Gasteiger partial charge < -0.3 is 15.2 Å². The van der Waals surface area contributed by atoms with Crippen molar-refractivity contribution in [3.63, 3.8) is 0 Å². The average molecular weight is 332 g/mol. The number of hydrogen-bond donors (Lipinski definition) is 2. The molecule has 126 valence electrons. The van der Waals surface area contributed by atoms with E-state index in [2.05, 4.69) is 33.5 Å². The molecule has 0 aliphatic carbocycles. The number of nitrogens with zero attached hydrogens (tertiary/aromatic N) is 2. The summed E-state index contributed by atoms with van der Waals surface area (Å²) in [6.45, 7) is 1.53. The van der Waals surface area contributed by atoms with Gasteiger partial charge in [0.15, 0.2) is 0 Å². The molecule has 1 aromatic heterocycles. The molecule has 0 saturated carbocycles. The van der Waals surface area contributed by atoms with Crippen molar-refractivity contribution >= 4 is 11.7 Å². The molecule has 2 aromatic carbocycles. The van der Waals surface area contributed by atoms with E-state index in [-0.39, 0.29) is 6.03 Å². The highest BCUT2D eigenvalue weighted by Crippen LogP contribution is 2.23. The number of benzene rings is 2. The number of hydrogen-bond acceptors (Lipinski definition) is 2. The number of para-hydroxylation sites is 1. The van der Waals surface area contributed by atoms with Crippen molar-refractivity contribution in [3.05, 3.63) is 72.2 Å². The first-order valence-electron chi connectivity index (χ1n) is 8.53. The summed E-state index contributed by atoms with van der Waals surface area (Å²) in [7, 11) is 0. The van der Waals surface area contributed by atoms with E-state index in [0.717, 1.165) is 35.5 Å². The summed E-state index contributed by atoms with van der Waals surface area (Å²) in [5.74, 6) is 1.17. The molecule has 25 heavy (non-hydrogen) atoms. The van der Waals surface area contributed by atoms with Gasteiger partial charge in [-0.3, -0.25) is 0 Å². The summed E-state index contributed by atoms with van der Waals surface area (Å²) in [5.41, 5.74) is 3.92. The maximum absolute atomic E-state index is 12.0. The van der Waals surface area contributed by atoms with Crippen LogP contribution in [0.3, 0.4) is 0 Å². The number of nitrogens with one attached hydrogen (secondary N) is 2. The van der Waals surface area contributed by atoms with Crippen LogP contribution in [-0.2, 0) is 19.5 Å². The number of aromatic nitrogens is 2. The Hall–Kier alpha value is -3.08. The molecule has 2 heterocycles. The Balaban J connectivity index is 1.40. The Morgan fingerprint density at radius 2 is 2.00 bits per heavy atom. The lowest BCUT2D eigenvalue weighted by Crippen LogP contribution is -2.28. The first-order chi connectivity index (χ1) is 12.3. The molecule has 2 amide bonds. The first kappa shape index (κ1) is 15.4. The summed E-state index contributed by atoms with van der Waals surface area (Å²) in [6.07, 6.45) is 4.36. The number of urea groups is 1. The SMILES string of the molecule is O=C(NCc1cccc(-c2cn3c(n2)CCC3)c1)Nc1ccccc1. The third-order valence-corrected chi connectivity index (χ3v) is 4.37. The van der Waals surface area contributed by atoms with E-state index in [4.69, 9.17) is 4.98 Å². The van der Waals surface area contributed by atoms with Crippen molar-refractivity contribution in [2.24, 2.45) is 0 Å². The van der Waals surface area contributed by atoms with Crippen LogP contribution >= 0.6 is 0 Å². The molecule has 2 N–H and O–H groups in total. The van der Waals surface area contributed by atoms with Gasteiger partial charge in [0.05, 0.1) is 5.69 Å². The van der Waals surface area contributed by atoms with Gasteiger partial charge in [0, 0.05) is 37.0 Å². The second-order valence-corrected chi connectivity index (χ2v) is 6.21. The maximum Gasteiger partial charge on any atom is 0.319 e. The minimum atomic E-state index is -0.211. The number of carbonyl (C=O) groups is 1. The fourth-order valence-corrected chi connectivity index (χ4v) is 3.11. The fraction of sp³-hybridized carbons (Fsp3) is 0.200. The van der Waals surface area contributed by atoms with Crippen LogP contribution in [0, 0.1) is 0 Å². The molecule has 0 saturated heterocycles. The van der Waals surface area contributed by atoms with Gasteiger partial charge in [-0.15, -0.1) is 0 Å². The second kappa shape index (κ2) is 6.81. The number of rotatable bonds is 4. The molecule has 0 fully saturated rings. The Labute approximate surface area is 146 Å². The van der Waals surface area contributed by atoms with Crippen LogP contribution in [0.5, 0.6) is 0 Å². The number of imidazole rings is 1. The van der Waals surface area contributed by atoms with Crippen LogP contribution in [0.25, 0.3) is 11.3 Å². The number of anilines is 1. The fourth-order valence-electron chi connectivity index (χ4n) is 3.11. The quantitative estimate of drug-likeness (QED) is 0.763. The van der Waals surface area contributed by atoms with Crippen molar-refractivity contribution in [1.29, 1.82) is 0 Å². The normalized spacial score (nSPS) is 12.6. The van der Waals surface area contributed by atoms with E-state index in [1.807, 2.05) is 42.5 Å². The smallest absolute Gasteiger partial charge is 0.319 e. The van der Waals surface area contributed by atoms with Gasteiger partial charge in [0.2, 0.25) is 0 Å². The van der Waals surface area contributed by atoms with Crippen LogP contribution in [0.1, 0.15) is 17.8 Å². The molecule has 1 aliphatic rings. The molecule has 0 atom stereocenters. The Bertz CT molecular complexity index is 864. The summed E-state index contributed by atoms with van der Waals surface area (Å²) in [5, 5.41) is 5.71. The number of aryl methyl sites for hydroxylation is 2. The zero-order valence-corrected chi connectivity index (χ0v) is 13.9. The van der Waals surface area contributed by atoms with Crippen LogP contribution < -0.4 is 10.6 Å². The highest BCUT2D eigenvalue weighted by Gasteiger charge is 2.14. The zero-order chi connectivity index (χ0) is 17.1. The van der Waals surface area contributed by atoms with E-state index in [1.165, 1.54) is 12.2 Å². The predicted octanol–water partition coefficient (Wildman–Crippen LogP) is 3.82. The monoisotopic (exact) mass is 332 g/mol. The summed E-state index contributed by atoms with van der Waals surface area (Å²) < 4.78 is 2.23. The average Bonchev–Trinajstić information content (AvgIpc) is 3.23. The van der Waals surface area contributed by atoms with Gasteiger partial charge in [0.25, 0.3) is 0 Å². The molecule has 5 heteroatoms. The van der Waals surface area contributed by atoms with Crippen molar-refractivity contribution in [1.82, 2.24) is 14.9 Å². The van der Waals surface area contributed by atoms with E-state index < -0.39 is 0 Å². The topological polar surface area (TPSA) is 59.0 Å². The van der Waals surface area contributed by atoms with Crippen molar-refractivity contribution in [3.8, 4) is 11.3 Å². The van der Waals surface area contributed by atoms with E-state index in [9.17, 15) is 4.79 Å². The zero-order valence-electron chi connectivity index (χ0n) is 13.9. The second-order valence-electron chi connectivity index (χ2n) is 6.21. The van der Waals surface area contributed by atoms with Crippen LogP contribution in [0.15, 0.2) is 60.8 Å². The molecule has 0 radical (unpaired) electrons. The molecule has 5 nitrogen and oxygen atoms in total. The molecule has 1 aliphatic heterocycles. The maximum atomic E-state index is 12.0. The minimum absolute atomic E-state index is 0.211. The van der Waals surface area contributed by atoms with E-state index >= 15 is 0 Å². The van der Waals surface area contributed by atoms with Crippen LogP contribution in [0.2, 0.25) is 0 Å². The molecule has 3 aromatic rings. The van der Waals surface area contributed by atoms with Crippen LogP contribution in [0.4, 0.5) is 10.5 Å². The van der Waals surface area contributed by atoms with Gasteiger partial charge in [-0.1, -0.05) is 36.4 Å². The van der Waals surface area contributed by atoms with Crippen molar-refractivity contribution in [2.45, 2.75) is 25.9 Å². The van der Waals surface area contributed by atoms with Gasteiger partial charge >= 0.3 is 6.03 Å². The van der Waals surface area contributed by atoms with Crippen molar-refractivity contribution in [2.75, 3.05) is 5.32 Å². The van der Waals surface area contributed by atoms with Crippen molar-refractivity contribution < 1.29 is 4.79 Å². The summed E-state index contributed by atoms with van der Waals surface area (Å²) >= 11 is 0. The number of amides is 2. The molecule has 0 spiro atoms. The highest BCUT2D eigenvalue weighted by molar-refractivity contribution is 5.89. The van der Waals surface area contributed by atoms with Gasteiger partial charge in [-0.05, 0) is 30.2 Å². The number of fused-ring (bicyclic) bond motifs is 1. The molecule has 0 unspecified atom stereocenters. The molecular weight excluding hydrogens is 312 g/mol. The summed E-state index contributed by atoms with van der Waals surface area (Å²) in [6, 6.07) is 17.4.